The molecular formula is C8H4BrClF5NO3S. The van der Waals surface area contributed by atoms with Crippen LogP contribution in [0.4, 0.5) is 22.0 Å². The van der Waals surface area contributed by atoms with Crippen LogP contribution in [0, 0.1) is 0 Å². The molecule has 20 heavy (non-hydrogen) atoms. The predicted octanol–water partition coefficient (Wildman–Crippen LogP) is 3.74. The molecule has 1 aromatic heterocycles. The van der Waals surface area contributed by atoms with Gasteiger partial charge in [-0.2, -0.15) is 0 Å². The topological polar surface area (TPSA) is 56.3 Å². The molecule has 0 saturated heterocycles. The van der Waals surface area contributed by atoms with Crippen molar-refractivity contribution in [2.24, 2.45) is 0 Å². The van der Waals surface area contributed by atoms with E-state index in [9.17, 15) is 30.4 Å². The maximum Gasteiger partial charge on any atom is 0.573 e. The molecule has 0 aromatic carbocycles. The summed E-state index contributed by atoms with van der Waals surface area (Å²) < 4.78 is 88.2. The van der Waals surface area contributed by atoms with Crippen molar-refractivity contribution in [3.63, 3.8) is 0 Å². The Labute approximate surface area is 122 Å². The molecule has 114 valence electrons. The molecular weight excluding hydrogens is 401 g/mol. The molecule has 0 aliphatic heterocycles. The van der Waals surface area contributed by atoms with Crippen LogP contribution in [0.3, 0.4) is 0 Å². The smallest absolute Gasteiger partial charge is 0.405 e. The lowest BCUT2D eigenvalue weighted by Gasteiger charge is -2.17. The van der Waals surface area contributed by atoms with Crippen LogP contribution in [0.5, 0.6) is 5.75 Å². The second-order valence-electron chi connectivity index (χ2n) is 3.25. The Hall–Kier alpha value is -0.680. The number of hydrogen-bond donors (Lipinski definition) is 0. The minimum Gasteiger partial charge on any atom is -0.405 e. The fourth-order valence-corrected chi connectivity index (χ4v) is 2.64. The third kappa shape index (κ3) is 4.16. The van der Waals surface area contributed by atoms with Crippen LogP contribution in [-0.2, 0) is 14.4 Å². The molecule has 0 atom stereocenters. The highest BCUT2D eigenvalue weighted by atomic mass is 79.9. The first kappa shape index (κ1) is 17.4. The predicted molar refractivity (Wildman–Crippen MR) is 61.5 cm³/mol. The zero-order valence-corrected chi connectivity index (χ0v) is 12.2. The number of rotatable bonds is 4. The zero-order valence-electron chi connectivity index (χ0n) is 9.09. The third-order valence-corrected chi connectivity index (χ3v) is 3.75. The van der Waals surface area contributed by atoms with Crippen LogP contribution in [-0.4, -0.2) is 19.8 Å². The Morgan fingerprint density at radius 3 is 2.30 bits per heavy atom. The summed E-state index contributed by atoms with van der Waals surface area (Å²) in [6.07, 6.45) is -8.21. The van der Waals surface area contributed by atoms with Crippen LogP contribution in [0.1, 0.15) is 17.6 Å². The summed E-state index contributed by atoms with van der Waals surface area (Å²) in [7, 11) is 0.111. The van der Waals surface area contributed by atoms with E-state index < -0.39 is 43.7 Å². The lowest BCUT2D eigenvalue weighted by Crippen LogP contribution is -2.20. The van der Waals surface area contributed by atoms with E-state index in [2.05, 4.69) is 25.7 Å². The van der Waals surface area contributed by atoms with Gasteiger partial charge in [0.05, 0.1) is 5.56 Å². The first-order chi connectivity index (χ1) is 8.97. The molecule has 0 N–H and O–H groups in total. The molecule has 0 aliphatic carbocycles. The van der Waals surface area contributed by atoms with Crippen LogP contribution < -0.4 is 4.74 Å². The number of aromatic nitrogens is 1. The molecule has 0 fully saturated rings. The Morgan fingerprint density at radius 2 is 1.95 bits per heavy atom. The van der Waals surface area contributed by atoms with Crippen molar-refractivity contribution in [3.8, 4) is 5.75 Å². The summed E-state index contributed by atoms with van der Waals surface area (Å²) in [6.45, 7) is 0. The van der Waals surface area contributed by atoms with Crippen LogP contribution in [0.2, 0.25) is 0 Å². The normalized spacial score (nSPS) is 12.8. The van der Waals surface area contributed by atoms with Crippen LogP contribution >= 0.6 is 26.6 Å². The van der Waals surface area contributed by atoms with Gasteiger partial charge in [0.1, 0.15) is 5.75 Å². The van der Waals surface area contributed by atoms with E-state index >= 15 is 0 Å². The van der Waals surface area contributed by atoms with Gasteiger partial charge in [0.2, 0.25) is 0 Å². The first-order valence-corrected chi connectivity index (χ1v) is 7.96. The summed E-state index contributed by atoms with van der Waals surface area (Å²) >= 11 is 2.76. The minimum atomic E-state index is -5.28. The lowest BCUT2D eigenvalue weighted by atomic mass is 10.2. The number of hydrogen-bond acceptors (Lipinski definition) is 4. The second kappa shape index (κ2) is 5.98. The number of pyridine rings is 1. The van der Waals surface area contributed by atoms with Crippen LogP contribution in [0.15, 0.2) is 11.2 Å². The molecule has 0 spiro atoms. The van der Waals surface area contributed by atoms with Crippen molar-refractivity contribution in [2.75, 3.05) is 0 Å². The van der Waals surface area contributed by atoms with Gasteiger partial charge in [0.15, 0.2) is 5.03 Å². The summed E-state index contributed by atoms with van der Waals surface area (Å²) in [5.41, 5.74) is -1.93. The largest absolute Gasteiger partial charge is 0.573 e. The highest BCUT2D eigenvalue weighted by molar-refractivity contribution is 9.08. The molecule has 1 aromatic rings. The SMILES string of the molecule is O=S(=O)(Cl)c1ncc(CBr)c(OC(F)(F)F)c1C(F)F. The average molecular weight is 405 g/mol. The highest BCUT2D eigenvalue weighted by Crippen LogP contribution is 2.40. The van der Waals surface area contributed by atoms with Crippen molar-refractivity contribution >= 4 is 35.7 Å². The van der Waals surface area contributed by atoms with Gasteiger partial charge >= 0.3 is 6.36 Å². The number of halogens is 7. The van der Waals surface area contributed by atoms with E-state index in [0.717, 1.165) is 0 Å². The summed E-state index contributed by atoms with van der Waals surface area (Å²) in [5, 5.41) is -1.69. The Bertz CT molecular complexity index is 607. The van der Waals surface area contributed by atoms with E-state index in [4.69, 9.17) is 10.7 Å². The summed E-state index contributed by atoms with van der Waals surface area (Å²) in [4.78, 5) is 3.16. The van der Waals surface area contributed by atoms with E-state index in [1.165, 1.54) is 0 Å². The highest BCUT2D eigenvalue weighted by Gasteiger charge is 2.37. The van der Waals surface area contributed by atoms with E-state index in [-0.39, 0.29) is 5.33 Å². The Balaban J connectivity index is 3.67. The number of alkyl halides is 6. The molecule has 0 saturated carbocycles. The Kier molecular flexibility index (Phi) is 5.19. The molecule has 0 unspecified atom stereocenters. The van der Waals surface area contributed by atoms with Crippen LogP contribution in [0.25, 0.3) is 0 Å². The van der Waals surface area contributed by atoms with Gasteiger partial charge in [-0.25, -0.2) is 22.2 Å². The van der Waals surface area contributed by atoms with Gasteiger partial charge in [-0.05, 0) is 0 Å². The molecule has 1 heterocycles. The first-order valence-electron chi connectivity index (χ1n) is 4.53. The maximum absolute atomic E-state index is 12.9. The molecule has 0 amide bonds. The van der Waals surface area contributed by atoms with Crippen molar-refractivity contribution in [3.05, 3.63) is 17.3 Å². The average Bonchev–Trinajstić information content (AvgIpc) is 2.24. The van der Waals surface area contributed by atoms with Gasteiger partial charge in [0.25, 0.3) is 15.5 Å². The van der Waals surface area contributed by atoms with Gasteiger partial charge < -0.3 is 4.74 Å². The van der Waals surface area contributed by atoms with Gasteiger partial charge in [-0.15, -0.1) is 13.2 Å². The number of ether oxygens (including phenoxy) is 1. The van der Waals surface area contributed by atoms with Gasteiger partial charge in [-0.1, -0.05) is 15.9 Å². The summed E-state index contributed by atoms with van der Waals surface area (Å²) in [5.74, 6) is -1.33. The fraction of sp³-hybridized carbons (Fsp3) is 0.375. The minimum absolute atomic E-state index is 0.312. The third-order valence-electron chi connectivity index (χ3n) is 1.92. The molecule has 0 aliphatic rings. The maximum atomic E-state index is 12.9. The lowest BCUT2D eigenvalue weighted by molar-refractivity contribution is -0.275. The molecule has 1 rings (SSSR count). The fourth-order valence-electron chi connectivity index (χ4n) is 1.25. The van der Waals surface area contributed by atoms with E-state index in [0.29, 0.717) is 6.20 Å². The Morgan fingerprint density at radius 1 is 1.40 bits per heavy atom. The van der Waals surface area contributed by atoms with Crippen molar-refractivity contribution in [1.29, 1.82) is 0 Å². The molecule has 12 heteroatoms. The molecule has 0 bridgehead atoms. The van der Waals surface area contributed by atoms with Crippen molar-refractivity contribution in [2.45, 2.75) is 23.1 Å². The zero-order chi connectivity index (χ0) is 15.7. The molecule has 0 radical (unpaired) electrons. The summed E-state index contributed by atoms with van der Waals surface area (Å²) in [6, 6.07) is 0. The van der Waals surface area contributed by atoms with E-state index in [1.54, 1.807) is 0 Å². The number of nitrogens with zero attached hydrogens (tertiary/aromatic N) is 1. The van der Waals surface area contributed by atoms with Gasteiger partial charge in [-0.3, -0.25) is 0 Å². The van der Waals surface area contributed by atoms with Gasteiger partial charge in [0, 0.05) is 27.8 Å². The monoisotopic (exact) mass is 403 g/mol. The van der Waals surface area contributed by atoms with E-state index in [1.807, 2.05) is 0 Å². The second-order valence-corrected chi connectivity index (χ2v) is 6.29. The quantitative estimate of drug-likeness (QED) is 0.436. The van der Waals surface area contributed by atoms with Crippen molar-refractivity contribution in [1.82, 2.24) is 4.98 Å². The molecule has 4 nitrogen and oxygen atoms in total. The van der Waals surface area contributed by atoms with Crippen molar-refractivity contribution < 1.29 is 35.1 Å². The standard InChI is InChI=1S/C8H4BrClF5NO3S/c9-1-3-2-16-7(20(10,17)18)4(6(11)12)5(3)19-8(13,14)15/h2,6H,1H2.